The van der Waals surface area contributed by atoms with Crippen LogP contribution in [0.4, 0.5) is 5.69 Å². The lowest BCUT2D eigenvalue weighted by Gasteiger charge is -2.21. The van der Waals surface area contributed by atoms with Gasteiger partial charge in [-0.3, -0.25) is 0 Å². The van der Waals surface area contributed by atoms with Gasteiger partial charge in [0.15, 0.2) is 23.2 Å². The molecular weight excluding hydrogens is 573 g/mol. The van der Waals surface area contributed by atoms with Crippen LogP contribution in [-0.4, -0.2) is 15.0 Å². The number of aromatic nitrogens is 3. The lowest BCUT2D eigenvalue weighted by atomic mass is 9.82. The van der Waals surface area contributed by atoms with E-state index < -0.39 is 0 Å². The van der Waals surface area contributed by atoms with E-state index in [0.717, 1.165) is 50.1 Å². The SMILES string of the molecule is [C-]#[N+]c1cccc2c1-c1cc(-c3ccc(-c4nc(-c5ccccc5)nc(-c5cccc(-c6ccccc6)c5)n4)cc3)ccc1C2(C)C. The smallest absolute Gasteiger partial charge is 0.195 e. The third-order valence-corrected chi connectivity index (χ3v) is 9.17. The zero-order valence-corrected chi connectivity index (χ0v) is 26.1. The van der Waals surface area contributed by atoms with Crippen molar-refractivity contribution in [2.75, 3.05) is 0 Å². The Morgan fingerprint density at radius 1 is 0.447 bits per heavy atom. The molecule has 8 rings (SSSR count). The van der Waals surface area contributed by atoms with E-state index in [0.29, 0.717) is 23.2 Å². The molecule has 1 aliphatic rings. The van der Waals surface area contributed by atoms with E-state index in [-0.39, 0.29) is 5.41 Å². The van der Waals surface area contributed by atoms with E-state index in [2.05, 4.69) is 104 Å². The first-order chi connectivity index (χ1) is 23.0. The van der Waals surface area contributed by atoms with Gasteiger partial charge < -0.3 is 0 Å². The van der Waals surface area contributed by atoms with Gasteiger partial charge in [-0.25, -0.2) is 19.8 Å². The van der Waals surface area contributed by atoms with Crippen molar-refractivity contribution in [3.8, 4) is 67.5 Å². The molecule has 0 atom stereocenters. The summed E-state index contributed by atoms with van der Waals surface area (Å²) in [4.78, 5) is 18.7. The number of nitrogens with zero attached hydrogens (tertiary/aromatic N) is 4. The van der Waals surface area contributed by atoms with Gasteiger partial charge in [0.1, 0.15) is 0 Å². The maximum atomic E-state index is 7.80. The molecule has 0 N–H and O–H groups in total. The summed E-state index contributed by atoms with van der Waals surface area (Å²) >= 11 is 0. The second-order valence-corrected chi connectivity index (χ2v) is 12.4. The van der Waals surface area contributed by atoms with E-state index in [1.54, 1.807) is 0 Å². The van der Waals surface area contributed by atoms with Crippen LogP contribution < -0.4 is 0 Å². The molecule has 0 saturated carbocycles. The van der Waals surface area contributed by atoms with E-state index in [1.165, 1.54) is 11.1 Å². The second kappa shape index (κ2) is 11.3. The predicted octanol–water partition coefficient (Wildman–Crippen LogP) is 11.1. The van der Waals surface area contributed by atoms with Gasteiger partial charge in [-0.15, -0.1) is 0 Å². The highest BCUT2D eigenvalue weighted by Crippen LogP contribution is 2.53. The molecule has 0 radical (unpaired) electrons. The molecule has 1 heterocycles. The van der Waals surface area contributed by atoms with Gasteiger partial charge in [-0.1, -0.05) is 147 Å². The fourth-order valence-corrected chi connectivity index (χ4v) is 6.69. The summed E-state index contributed by atoms with van der Waals surface area (Å²) in [5.74, 6) is 1.89. The Morgan fingerprint density at radius 3 is 1.62 bits per heavy atom. The summed E-state index contributed by atoms with van der Waals surface area (Å²) in [6, 6.07) is 49.9. The van der Waals surface area contributed by atoms with Crippen LogP contribution in [0.1, 0.15) is 25.0 Å². The number of benzene rings is 6. The molecule has 4 nitrogen and oxygen atoms in total. The van der Waals surface area contributed by atoms with Crippen molar-refractivity contribution in [3.63, 3.8) is 0 Å². The van der Waals surface area contributed by atoms with Gasteiger partial charge >= 0.3 is 0 Å². The van der Waals surface area contributed by atoms with Crippen molar-refractivity contribution >= 4 is 5.69 Å². The number of hydrogen-bond donors (Lipinski definition) is 0. The highest BCUT2D eigenvalue weighted by Gasteiger charge is 2.36. The largest absolute Gasteiger partial charge is 0.238 e. The molecule has 1 aromatic heterocycles. The van der Waals surface area contributed by atoms with Crippen molar-refractivity contribution in [1.82, 2.24) is 15.0 Å². The number of rotatable bonds is 5. The van der Waals surface area contributed by atoms with Crippen LogP contribution in [0, 0.1) is 6.57 Å². The van der Waals surface area contributed by atoms with E-state index in [9.17, 15) is 0 Å². The molecule has 222 valence electrons. The first-order valence-corrected chi connectivity index (χ1v) is 15.7. The molecule has 0 unspecified atom stereocenters. The average molecular weight is 603 g/mol. The van der Waals surface area contributed by atoms with Crippen molar-refractivity contribution < 1.29 is 0 Å². The molecular formula is C43H30N4. The summed E-state index contributed by atoms with van der Waals surface area (Å²) in [6.45, 7) is 12.3. The van der Waals surface area contributed by atoms with Gasteiger partial charge in [-0.05, 0) is 56.6 Å². The molecule has 47 heavy (non-hydrogen) atoms. The zero-order valence-electron chi connectivity index (χ0n) is 26.1. The van der Waals surface area contributed by atoms with Gasteiger partial charge in [-0.2, -0.15) is 0 Å². The Morgan fingerprint density at radius 2 is 0.936 bits per heavy atom. The Hall–Kier alpha value is -6.18. The zero-order chi connectivity index (χ0) is 32.0. The summed E-state index contributed by atoms with van der Waals surface area (Å²) in [5.41, 5.74) is 12.5. The highest BCUT2D eigenvalue weighted by atomic mass is 15.0. The third kappa shape index (κ3) is 4.99. The van der Waals surface area contributed by atoms with Crippen molar-refractivity contribution in [2.45, 2.75) is 19.3 Å². The van der Waals surface area contributed by atoms with Crippen molar-refractivity contribution in [1.29, 1.82) is 0 Å². The molecule has 0 aliphatic heterocycles. The van der Waals surface area contributed by atoms with E-state index in [1.807, 2.05) is 60.7 Å². The second-order valence-electron chi connectivity index (χ2n) is 12.4. The number of fused-ring (bicyclic) bond motifs is 3. The molecule has 6 aromatic carbocycles. The van der Waals surface area contributed by atoms with Gasteiger partial charge in [0, 0.05) is 22.1 Å². The topological polar surface area (TPSA) is 43.0 Å². The first-order valence-electron chi connectivity index (χ1n) is 15.7. The third-order valence-electron chi connectivity index (χ3n) is 9.17. The lowest BCUT2D eigenvalue weighted by molar-refractivity contribution is 0.660. The fraction of sp³-hybridized carbons (Fsp3) is 0.0698. The Bertz CT molecular complexity index is 2320. The van der Waals surface area contributed by atoms with Crippen molar-refractivity contribution in [3.05, 3.63) is 168 Å². The maximum Gasteiger partial charge on any atom is 0.195 e. The van der Waals surface area contributed by atoms with Crippen LogP contribution in [-0.2, 0) is 5.41 Å². The molecule has 0 amide bonds. The van der Waals surface area contributed by atoms with Gasteiger partial charge in [0.2, 0.25) is 0 Å². The Kier molecular flexibility index (Phi) is 6.82. The highest BCUT2D eigenvalue weighted by molar-refractivity contribution is 5.92. The molecule has 0 fully saturated rings. The van der Waals surface area contributed by atoms with Crippen LogP contribution in [0.3, 0.4) is 0 Å². The van der Waals surface area contributed by atoms with Crippen LogP contribution in [0.25, 0.3) is 72.4 Å². The maximum absolute atomic E-state index is 7.80. The molecule has 4 heteroatoms. The standard InChI is InChI=1S/C43H30N4/c1-43(2)36-25-24-33(27-35(36)39-37(43)18-11-19-38(39)44-3)29-20-22-31(23-21-29)41-45-40(30-14-8-5-9-15-30)46-42(47-41)34-17-10-16-32(26-34)28-12-6-4-7-13-28/h4-27H,1-2H3. The first kappa shape index (κ1) is 28.3. The van der Waals surface area contributed by atoms with Crippen LogP contribution in [0.2, 0.25) is 0 Å². The normalized spacial score (nSPS) is 12.6. The fourth-order valence-electron chi connectivity index (χ4n) is 6.69. The summed E-state index contributed by atoms with van der Waals surface area (Å²) in [6.07, 6.45) is 0. The Balaban J connectivity index is 1.19. The van der Waals surface area contributed by atoms with Crippen molar-refractivity contribution in [2.24, 2.45) is 0 Å². The molecule has 0 saturated heterocycles. The van der Waals surface area contributed by atoms with Crippen LogP contribution in [0.15, 0.2) is 146 Å². The van der Waals surface area contributed by atoms with E-state index >= 15 is 0 Å². The lowest BCUT2D eigenvalue weighted by Crippen LogP contribution is -2.14. The van der Waals surface area contributed by atoms with Crippen LogP contribution in [0.5, 0.6) is 0 Å². The van der Waals surface area contributed by atoms with E-state index in [4.69, 9.17) is 21.5 Å². The number of hydrogen-bond acceptors (Lipinski definition) is 3. The molecule has 0 spiro atoms. The minimum atomic E-state index is -0.152. The van der Waals surface area contributed by atoms with Crippen LogP contribution >= 0.6 is 0 Å². The molecule has 0 bridgehead atoms. The summed E-state index contributed by atoms with van der Waals surface area (Å²) in [5, 5.41) is 0. The monoisotopic (exact) mass is 602 g/mol. The quantitative estimate of drug-likeness (QED) is 0.184. The minimum Gasteiger partial charge on any atom is -0.238 e. The molecule has 7 aromatic rings. The summed E-state index contributed by atoms with van der Waals surface area (Å²) in [7, 11) is 0. The average Bonchev–Trinajstić information content (AvgIpc) is 3.38. The Labute approximate surface area is 274 Å². The van der Waals surface area contributed by atoms with Gasteiger partial charge in [0.25, 0.3) is 0 Å². The summed E-state index contributed by atoms with van der Waals surface area (Å²) < 4.78 is 0. The predicted molar refractivity (Wildman–Crippen MR) is 191 cm³/mol. The van der Waals surface area contributed by atoms with Gasteiger partial charge in [0.05, 0.1) is 6.57 Å². The minimum absolute atomic E-state index is 0.152. The molecule has 1 aliphatic carbocycles.